The third-order valence-corrected chi connectivity index (χ3v) is 6.05. The second-order valence-electron chi connectivity index (χ2n) is 7.72. The molecular weight excluding hydrogens is 439 g/mol. The van der Waals surface area contributed by atoms with Crippen LogP contribution in [0.3, 0.4) is 0 Å². The van der Waals surface area contributed by atoms with Crippen LogP contribution in [0.4, 0.5) is 0 Å². The van der Waals surface area contributed by atoms with Crippen LogP contribution in [-0.4, -0.2) is 13.0 Å². The Hall–Kier alpha value is -0.414. The van der Waals surface area contributed by atoms with Gasteiger partial charge in [0.05, 0.1) is 4.90 Å². The van der Waals surface area contributed by atoms with Crippen LogP contribution in [0.25, 0.3) is 0 Å². The molecule has 31 heavy (non-hydrogen) atoms. The van der Waals surface area contributed by atoms with E-state index in [1.807, 2.05) is 0 Å². The van der Waals surface area contributed by atoms with Crippen molar-refractivity contribution in [1.82, 2.24) is 0 Å². The van der Waals surface area contributed by atoms with Crippen LogP contribution in [0, 0.1) is 0 Å². The predicted octanol–water partition coefficient (Wildman–Crippen LogP) is 3.27. The van der Waals surface area contributed by atoms with Gasteiger partial charge in [-0.1, -0.05) is 82.9 Å². The molecule has 0 aliphatic rings. The molecular formula is C24H33KO5S. The summed E-state index contributed by atoms with van der Waals surface area (Å²) in [6, 6.07) is 10.5. The Morgan fingerprint density at radius 2 is 1.45 bits per heavy atom. The summed E-state index contributed by atoms with van der Waals surface area (Å²) >= 11 is 0. The number of hydrogen-bond donors (Lipinski definition) is 1. The molecule has 0 fully saturated rings. The van der Waals surface area contributed by atoms with E-state index in [0.717, 1.165) is 12.8 Å². The summed E-state index contributed by atoms with van der Waals surface area (Å²) in [7, 11) is -4.31. The van der Waals surface area contributed by atoms with Gasteiger partial charge in [-0.25, -0.2) is 0 Å². The Morgan fingerprint density at radius 3 is 2.06 bits per heavy atom. The standard InChI is InChI=1S/C24H34O5S.K/c1-2-3-4-5-6-7-8-9-10-11-16-22-23(25)17-13-18-24(22)29-20-14-12-15-21(19-20)30(26,27)28;/h12-15,17-19,25H,2-11,16H2,1H3,(H,26,27,28);/q;+1/p-1. The molecule has 0 bridgehead atoms. The molecule has 0 spiro atoms. The average molecular weight is 473 g/mol. The van der Waals surface area contributed by atoms with Gasteiger partial charge < -0.3 is 9.84 Å². The summed E-state index contributed by atoms with van der Waals surface area (Å²) in [5.41, 5.74) is 0.606. The fraction of sp³-hybridized carbons (Fsp3) is 0.500. The zero-order valence-corrected chi connectivity index (χ0v) is 22.7. The maximum atomic E-state index is 12.3. The predicted molar refractivity (Wildman–Crippen MR) is 118 cm³/mol. The second kappa shape index (κ2) is 15.4. The van der Waals surface area contributed by atoms with E-state index in [1.54, 1.807) is 18.2 Å². The zero-order chi connectivity index (χ0) is 21.8. The van der Waals surface area contributed by atoms with E-state index in [9.17, 15) is 18.1 Å². The van der Waals surface area contributed by atoms with E-state index >= 15 is 0 Å². The monoisotopic (exact) mass is 472 g/mol. The van der Waals surface area contributed by atoms with Crippen molar-refractivity contribution in [2.24, 2.45) is 0 Å². The van der Waals surface area contributed by atoms with Crippen molar-refractivity contribution >= 4 is 10.1 Å². The van der Waals surface area contributed by atoms with Gasteiger partial charge in [-0.3, -0.25) is 4.55 Å². The maximum absolute atomic E-state index is 12.3. The van der Waals surface area contributed by atoms with E-state index in [1.165, 1.54) is 75.6 Å². The molecule has 7 heteroatoms. The van der Waals surface area contributed by atoms with Gasteiger partial charge >= 0.3 is 51.4 Å². The van der Waals surface area contributed by atoms with Crippen LogP contribution in [-0.2, 0) is 16.5 Å². The molecule has 2 rings (SSSR count). The third-order valence-electron chi connectivity index (χ3n) is 5.20. The fourth-order valence-corrected chi connectivity index (χ4v) is 4.02. The first kappa shape index (κ1) is 28.6. The van der Waals surface area contributed by atoms with E-state index in [2.05, 4.69) is 6.92 Å². The van der Waals surface area contributed by atoms with Crippen LogP contribution in [0.5, 0.6) is 17.2 Å². The average Bonchev–Trinajstić information content (AvgIpc) is 2.71. The van der Waals surface area contributed by atoms with E-state index < -0.39 is 10.1 Å². The maximum Gasteiger partial charge on any atom is 1.00 e. The van der Waals surface area contributed by atoms with Gasteiger partial charge in [-0.15, -0.1) is 5.75 Å². The SMILES string of the molecule is CCCCCCCCCCCCc1c([O-])cccc1Oc1cccc(S(=O)(=O)O)c1.[K+]. The minimum Gasteiger partial charge on any atom is -0.872 e. The molecule has 0 unspecified atom stereocenters. The molecule has 0 heterocycles. The van der Waals surface area contributed by atoms with Crippen molar-refractivity contribution in [2.45, 2.75) is 82.4 Å². The van der Waals surface area contributed by atoms with E-state index in [-0.39, 0.29) is 67.8 Å². The summed E-state index contributed by atoms with van der Waals surface area (Å²) in [5.74, 6) is 0.625. The van der Waals surface area contributed by atoms with Crippen molar-refractivity contribution in [3.63, 3.8) is 0 Å². The van der Waals surface area contributed by atoms with Crippen molar-refractivity contribution in [2.75, 3.05) is 0 Å². The van der Waals surface area contributed by atoms with Gasteiger partial charge in [-0.2, -0.15) is 8.42 Å². The fourth-order valence-electron chi connectivity index (χ4n) is 3.50. The van der Waals surface area contributed by atoms with Crippen LogP contribution in [0.1, 0.15) is 76.7 Å². The first-order valence-electron chi connectivity index (χ1n) is 11.0. The number of rotatable bonds is 14. The number of hydrogen-bond acceptors (Lipinski definition) is 4. The summed E-state index contributed by atoms with van der Waals surface area (Å²) in [4.78, 5) is -0.241. The van der Waals surface area contributed by atoms with Gasteiger partial charge in [0, 0.05) is 6.07 Å². The van der Waals surface area contributed by atoms with Gasteiger partial charge in [0.2, 0.25) is 0 Å². The van der Waals surface area contributed by atoms with Crippen molar-refractivity contribution in [3.05, 3.63) is 48.0 Å². The Labute approximate surface area is 229 Å². The second-order valence-corrected chi connectivity index (χ2v) is 9.14. The third kappa shape index (κ3) is 10.8. The van der Waals surface area contributed by atoms with E-state index in [0.29, 0.717) is 17.7 Å². The minimum atomic E-state index is -4.31. The summed E-state index contributed by atoms with van der Waals surface area (Å²) in [6.45, 7) is 2.23. The molecule has 0 aliphatic carbocycles. The molecule has 2 aromatic carbocycles. The number of benzene rings is 2. The van der Waals surface area contributed by atoms with Gasteiger partial charge in [0.25, 0.3) is 10.1 Å². The minimum absolute atomic E-state index is 0. The molecule has 0 saturated heterocycles. The molecule has 0 aliphatic heterocycles. The van der Waals surface area contributed by atoms with Gasteiger partial charge in [0.15, 0.2) is 0 Å². The molecule has 1 N–H and O–H groups in total. The molecule has 0 radical (unpaired) electrons. The first-order valence-corrected chi connectivity index (χ1v) is 12.4. The number of ether oxygens (including phenoxy) is 1. The zero-order valence-electron chi connectivity index (χ0n) is 18.8. The van der Waals surface area contributed by atoms with Gasteiger partial charge in [-0.05, 0) is 36.6 Å². The van der Waals surface area contributed by atoms with Crippen molar-refractivity contribution in [1.29, 1.82) is 0 Å². The molecule has 0 aromatic heterocycles. The molecule has 0 atom stereocenters. The molecule has 0 saturated carbocycles. The van der Waals surface area contributed by atoms with Crippen LogP contribution in [0.2, 0.25) is 0 Å². The first-order chi connectivity index (χ1) is 14.4. The topological polar surface area (TPSA) is 86.7 Å². The molecule has 2 aromatic rings. The summed E-state index contributed by atoms with van der Waals surface area (Å²) in [5, 5.41) is 12.3. The quantitative estimate of drug-likeness (QED) is 0.259. The van der Waals surface area contributed by atoms with Crippen LogP contribution in [0.15, 0.2) is 47.4 Å². The normalized spacial score (nSPS) is 11.2. The largest absolute Gasteiger partial charge is 1.00 e. The Kier molecular flexibility index (Phi) is 14.2. The molecule has 166 valence electrons. The Balaban J connectivity index is 0.00000480. The van der Waals surface area contributed by atoms with Gasteiger partial charge in [0.1, 0.15) is 11.5 Å². The smallest absolute Gasteiger partial charge is 0.872 e. The number of unbranched alkanes of at least 4 members (excludes halogenated alkanes) is 9. The molecule has 5 nitrogen and oxygen atoms in total. The van der Waals surface area contributed by atoms with Crippen LogP contribution < -0.4 is 61.2 Å². The van der Waals surface area contributed by atoms with Crippen molar-refractivity contribution < 1.29 is 74.2 Å². The summed E-state index contributed by atoms with van der Waals surface area (Å²) < 4.78 is 37.6. The van der Waals surface area contributed by atoms with E-state index in [4.69, 9.17) is 4.74 Å². The summed E-state index contributed by atoms with van der Waals surface area (Å²) in [6.07, 6.45) is 12.9. The molecule has 0 amide bonds. The van der Waals surface area contributed by atoms with Crippen LogP contribution >= 0.6 is 0 Å². The van der Waals surface area contributed by atoms with Crippen molar-refractivity contribution in [3.8, 4) is 17.2 Å². The Morgan fingerprint density at radius 1 is 0.871 bits per heavy atom. The Bertz CT molecular complexity index is 883.